The van der Waals surface area contributed by atoms with Gasteiger partial charge in [-0.3, -0.25) is 4.79 Å². The Kier molecular flexibility index (Phi) is 2.68. The molecule has 0 aromatic carbocycles. The maximum atomic E-state index is 11.4. The van der Waals surface area contributed by atoms with Crippen LogP contribution >= 0.6 is 0 Å². The molecule has 2 amide bonds. The van der Waals surface area contributed by atoms with Crippen LogP contribution in [0.5, 0.6) is 0 Å². The van der Waals surface area contributed by atoms with Gasteiger partial charge in [0.15, 0.2) is 0 Å². The van der Waals surface area contributed by atoms with Crippen LogP contribution in [0.1, 0.15) is 13.8 Å². The lowest BCUT2D eigenvalue weighted by Gasteiger charge is -2.15. The highest BCUT2D eigenvalue weighted by atomic mass is 16.2. The lowest BCUT2D eigenvalue weighted by molar-refractivity contribution is -0.117. The minimum atomic E-state index is -0.00676. The van der Waals surface area contributed by atoms with E-state index >= 15 is 0 Å². The predicted molar refractivity (Wildman–Crippen MR) is 44.9 cm³/mol. The molecule has 0 atom stereocenters. The summed E-state index contributed by atoms with van der Waals surface area (Å²) in [7, 11) is 0. The SMILES string of the molecule is CCN1CCN(CC(C)=O)C1=O. The lowest BCUT2D eigenvalue weighted by atomic mass is 10.4. The van der Waals surface area contributed by atoms with Crippen LogP contribution in [-0.4, -0.2) is 47.8 Å². The second-order valence-electron chi connectivity index (χ2n) is 2.99. The number of urea groups is 1. The van der Waals surface area contributed by atoms with Crippen LogP contribution in [0.4, 0.5) is 4.79 Å². The molecule has 1 heterocycles. The summed E-state index contributed by atoms with van der Waals surface area (Å²) >= 11 is 0. The standard InChI is InChI=1S/C8H14N2O2/c1-3-9-4-5-10(8(9)12)6-7(2)11/h3-6H2,1-2H3. The zero-order valence-electron chi connectivity index (χ0n) is 7.54. The number of likely N-dealkylation sites (N-methyl/N-ethyl adjacent to an activating group) is 1. The second kappa shape index (κ2) is 3.56. The maximum Gasteiger partial charge on any atom is 0.320 e. The van der Waals surface area contributed by atoms with Gasteiger partial charge in [-0.25, -0.2) is 4.79 Å². The van der Waals surface area contributed by atoms with Crippen molar-refractivity contribution in [3.05, 3.63) is 0 Å². The fourth-order valence-electron chi connectivity index (χ4n) is 1.34. The number of hydrogen-bond donors (Lipinski definition) is 0. The highest BCUT2D eigenvalue weighted by molar-refractivity contribution is 5.84. The Morgan fingerprint density at radius 3 is 2.42 bits per heavy atom. The summed E-state index contributed by atoms with van der Waals surface area (Å²) < 4.78 is 0. The van der Waals surface area contributed by atoms with Crippen LogP contribution in [-0.2, 0) is 4.79 Å². The molecule has 1 aliphatic rings. The van der Waals surface area contributed by atoms with E-state index in [9.17, 15) is 9.59 Å². The average Bonchev–Trinajstić information content (AvgIpc) is 2.32. The number of amides is 2. The van der Waals surface area contributed by atoms with Gasteiger partial charge in [-0.15, -0.1) is 0 Å². The molecule has 0 radical (unpaired) electrons. The van der Waals surface area contributed by atoms with E-state index in [1.54, 1.807) is 9.80 Å². The summed E-state index contributed by atoms with van der Waals surface area (Å²) in [5.41, 5.74) is 0. The smallest absolute Gasteiger partial charge is 0.320 e. The largest absolute Gasteiger partial charge is 0.323 e. The van der Waals surface area contributed by atoms with Gasteiger partial charge in [0, 0.05) is 19.6 Å². The topological polar surface area (TPSA) is 40.6 Å². The Hall–Kier alpha value is -1.06. The first-order chi connectivity index (χ1) is 5.65. The molecule has 0 N–H and O–H groups in total. The van der Waals surface area contributed by atoms with E-state index in [0.717, 1.165) is 13.1 Å². The van der Waals surface area contributed by atoms with E-state index in [4.69, 9.17) is 0 Å². The zero-order chi connectivity index (χ0) is 9.14. The average molecular weight is 170 g/mol. The van der Waals surface area contributed by atoms with Crippen molar-refractivity contribution in [2.45, 2.75) is 13.8 Å². The van der Waals surface area contributed by atoms with Crippen LogP contribution in [0.2, 0.25) is 0 Å². The molecule has 12 heavy (non-hydrogen) atoms. The molecule has 0 aromatic heterocycles. The third kappa shape index (κ3) is 1.75. The summed E-state index contributed by atoms with van der Waals surface area (Å²) in [4.78, 5) is 25.4. The first-order valence-electron chi connectivity index (χ1n) is 4.18. The number of rotatable bonds is 3. The fourth-order valence-corrected chi connectivity index (χ4v) is 1.34. The molecular formula is C8H14N2O2. The molecule has 1 aliphatic heterocycles. The number of carbonyl (C=O) groups is 2. The molecule has 4 nitrogen and oxygen atoms in total. The Morgan fingerprint density at radius 1 is 1.42 bits per heavy atom. The third-order valence-corrected chi connectivity index (χ3v) is 1.98. The highest BCUT2D eigenvalue weighted by Crippen LogP contribution is 2.06. The zero-order valence-corrected chi connectivity index (χ0v) is 7.54. The van der Waals surface area contributed by atoms with E-state index in [1.807, 2.05) is 6.92 Å². The van der Waals surface area contributed by atoms with E-state index in [-0.39, 0.29) is 18.4 Å². The van der Waals surface area contributed by atoms with Gasteiger partial charge in [0.1, 0.15) is 5.78 Å². The lowest BCUT2D eigenvalue weighted by Crippen LogP contribution is -2.34. The normalized spacial score (nSPS) is 17.3. The molecule has 0 aliphatic carbocycles. The predicted octanol–water partition coefficient (Wildman–Crippen LogP) is 0.333. The van der Waals surface area contributed by atoms with E-state index < -0.39 is 0 Å². The summed E-state index contributed by atoms with van der Waals surface area (Å²) in [6.45, 7) is 5.87. The molecule has 0 saturated carbocycles. The summed E-state index contributed by atoms with van der Waals surface area (Å²) in [5.74, 6) is 0.0429. The Labute approximate surface area is 72.1 Å². The third-order valence-electron chi connectivity index (χ3n) is 1.98. The Balaban J connectivity index is 2.49. The number of nitrogens with zero attached hydrogens (tertiary/aromatic N) is 2. The summed E-state index contributed by atoms with van der Waals surface area (Å²) in [6, 6.07) is -0.00676. The summed E-state index contributed by atoms with van der Waals surface area (Å²) in [5, 5.41) is 0. The molecule has 0 unspecified atom stereocenters. The monoisotopic (exact) mass is 170 g/mol. The van der Waals surface area contributed by atoms with Crippen molar-refractivity contribution < 1.29 is 9.59 Å². The van der Waals surface area contributed by atoms with Crippen LogP contribution < -0.4 is 0 Å². The number of ketones is 1. The van der Waals surface area contributed by atoms with Crippen molar-refractivity contribution in [2.24, 2.45) is 0 Å². The van der Waals surface area contributed by atoms with Crippen molar-refractivity contribution in [2.75, 3.05) is 26.2 Å². The van der Waals surface area contributed by atoms with E-state index in [1.165, 1.54) is 6.92 Å². The van der Waals surface area contributed by atoms with Crippen LogP contribution in [0.3, 0.4) is 0 Å². The van der Waals surface area contributed by atoms with Gasteiger partial charge in [0.05, 0.1) is 6.54 Å². The summed E-state index contributed by atoms with van der Waals surface area (Å²) in [6.07, 6.45) is 0. The minimum Gasteiger partial charge on any atom is -0.323 e. The quantitative estimate of drug-likeness (QED) is 0.612. The minimum absolute atomic E-state index is 0.00676. The van der Waals surface area contributed by atoms with Gasteiger partial charge in [0.25, 0.3) is 0 Å². The van der Waals surface area contributed by atoms with Crippen molar-refractivity contribution in [3.63, 3.8) is 0 Å². The number of carbonyl (C=O) groups excluding carboxylic acids is 2. The first-order valence-corrected chi connectivity index (χ1v) is 4.18. The fraction of sp³-hybridized carbons (Fsp3) is 0.750. The molecule has 1 saturated heterocycles. The second-order valence-corrected chi connectivity index (χ2v) is 2.99. The molecule has 68 valence electrons. The van der Waals surface area contributed by atoms with Gasteiger partial charge in [-0.1, -0.05) is 0 Å². The molecule has 1 rings (SSSR count). The van der Waals surface area contributed by atoms with E-state index in [2.05, 4.69) is 0 Å². The van der Waals surface area contributed by atoms with Crippen molar-refractivity contribution in [1.82, 2.24) is 9.80 Å². The van der Waals surface area contributed by atoms with Gasteiger partial charge in [-0.05, 0) is 13.8 Å². The number of Topliss-reactive ketones (excluding diaryl/α,β-unsaturated/α-hetero) is 1. The van der Waals surface area contributed by atoms with Gasteiger partial charge in [-0.2, -0.15) is 0 Å². The molecule has 0 spiro atoms. The van der Waals surface area contributed by atoms with Crippen molar-refractivity contribution in [3.8, 4) is 0 Å². The van der Waals surface area contributed by atoms with Crippen molar-refractivity contribution in [1.29, 1.82) is 0 Å². The first kappa shape index (κ1) is 9.03. The Morgan fingerprint density at radius 2 is 2.00 bits per heavy atom. The van der Waals surface area contributed by atoms with Gasteiger partial charge >= 0.3 is 6.03 Å². The van der Waals surface area contributed by atoms with Crippen molar-refractivity contribution >= 4 is 11.8 Å². The van der Waals surface area contributed by atoms with E-state index in [0.29, 0.717) is 6.54 Å². The molecule has 0 bridgehead atoms. The van der Waals surface area contributed by atoms with Gasteiger partial charge < -0.3 is 9.80 Å². The molecular weight excluding hydrogens is 156 g/mol. The van der Waals surface area contributed by atoms with Crippen LogP contribution in [0.25, 0.3) is 0 Å². The highest BCUT2D eigenvalue weighted by Gasteiger charge is 2.27. The Bertz CT molecular complexity index is 203. The molecule has 4 heteroatoms. The number of hydrogen-bond acceptors (Lipinski definition) is 2. The molecule has 0 aromatic rings. The van der Waals surface area contributed by atoms with Crippen LogP contribution in [0, 0.1) is 0 Å². The maximum absolute atomic E-state index is 11.4. The van der Waals surface area contributed by atoms with Crippen LogP contribution in [0.15, 0.2) is 0 Å². The molecule has 1 fully saturated rings. The van der Waals surface area contributed by atoms with Gasteiger partial charge in [0.2, 0.25) is 0 Å².